The van der Waals surface area contributed by atoms with Crippen LogP contribution in [0.15, 0.2) is 23.0 Å². The van der Waals surface area contributed by atoms with Crippen molar-refractivity contribution in [2.24, 2.45) is 7.05 Å². The first-order valence-corrected chi connectivity index (χ1v) is 6.61. The van der Waals surface area contributed by atoms with Gasteiger partial charge in [-0.1, -0.05) is 0 Å². The maximum absolute atomic E-state index is 12.0. The van der Waals surface area contributed by atoms with Gasteiger partial charge in [-0.15, -0.1) is 0 Å². The Morgan fingerprint density at radius 2 is 2.44 bits per heavy atom. The average molecular weight is 264 g/mol. The van der Waals surface area contributed by atoms with Crippen molar-refractivity contribution in [2.75, 3.05) is 5.73 Å². The number of thiophene rings is 1. The summed E-state index contributed by atoms with van der Waals surface area (Å²) in [5.74, 6) is -0.185. The standard InChI is InChI=1S/C12H16N4OS/c1-8(5-9-3-4-18-7-9)15-12(17)11-10(13)6-14-16(11)2/h3-4,6-8H,5,13H2,1-2H3,(H,15,17). The Bertz CT molecular complexity index is 513. The molecule has 0 aliphatic carbocycles. The Hall–Kier alpha value is -1.82. The van der Waals surface area contributed by atoms with Crippen molar-refractivity contribution >= 4 is 22.9 Å². The van der Waals surface area contributed by atoms with Crippen LogP contribution in [-0.4, -0.2) is 21.7 Å². The fraction of sp³-hybridized carbons (Fsp3) is 0.333. The largest absolute Gasteiger partial charge is 0.396 e. The lowest BCUT2D eigenvalue weighted by Crippen LogP contribution is -2.35. The second-order valence-corrected chi connectivity index (χ2v) is 5.06. The third kappa shape index (κ3) is 2.70. The van der Waals surface area contributed by atoms with Crippen LogP contribution in [-0.2, 0) is 13.5 Å². The van der Waals surface area contributed by atoms with E-state index in [1.54, 1.807) is 18.4 Å². The first-order valence-electron chi connectivity index (χ1n) is 5.67. The molecule has 0 fully saturated rings. The molecule has 2 rings (SSSR count). The monoisotopic (exact) mass is 264 g/mol. The van der Waals surface area contributed by atoms with Gasteiger partial charge in [-0.05, 0) is 35.7 Å². The van der Waals surface area contributed by atoms with Gasteiger partial charge in [0, 0.05) is 13.1 Å². The van der Waals surface area contributed by atoms with Gasteiger partial charge in [-0.3, -0.25) is 9.48 Å². The summed E-state index contributed by atoms with van der Waals surface area (Å²) < 4.78 is 1.49. The third-order valence-corrected chi connectivity index (χ3v) is 3.41. The van der Waals surface area contributed by atoms with Gasteiger partial charge in [0.2, 0.25) is 0 Å². The first kappa shape index (κ1) is 12.6. The quantitative estimate of drug-likeness (QED) is 0.877. The lowest BCUT2D eigenvalue weighted by molar-refractivity contribution is 0.0931. The van der Waals surface area contributed by atoms with Crippen molar-refractivity contribution in [1.29, 1.82) is 0 Å². The van der Waals surface area contributed by atoms with Gasteiger partial charge in [-0.25, -0.2) is 0 Å². The van der Waals surface area contributed by atoms with Crippen molar-refractivity contribution in [3.63, 3.8) is 0 Å². The summed E-state index contributed by atoms with van der Waals surface area (Å²) in [5.41, 5.74) is 7.75. The van der Waals surface area contributed by atoms with E-state index in [2.05, 4.69) is 21.9 Å². The third-order valence-electron chi connectivity index (χ3n) is 2.68. The number of nitrogen functional groups attached to an aromatic ring is 1. The number of nitrogens with zero attached hydrogens (tertiary/aromatic N) is 2. The van der Waals surface area contributed by atoms with E-state index in [0.29, 0.717) is 11.4 Å². The number of amides is 1. The van der Waals surface area contributed by atoms with Gasteiger partial charge in [0.25, 0.3) is 5.91 Å². The molecule has 6 heteroatoms. The molecule has 1 amide bonds. The fourth-order valence-corrected chi connectivity index (χ4v) is 2.52. The van der Waals surface area contributed by atoms with Gasteiger partial charge in [-0.2, -0.15) is 16.4 Å². The predicted molar refractivity (Wildman–Crippen MR) is 72.6 cm³/mol. The second-order valence-electron chi connectivity index (χ2n) is 4.28. The Morgan fingerprint density at radius 1 is 1.67 bits per heavy atom. The number of nitrogens with two attached hydrogens (primary N) is 1. The fourth-order valence-electron chi connectivity index (χ4n) is 1.84. The molecular weight excluding hydrogens is 248 g/mol. The Kier molecular flexibility index (Phi) is 3.66. The van der Waals surface area contributed by atoms with Crippen LogP contribution in [0.5, 0.6) is 0 Å². The van der Waals surface area contributed by atoms with E-state index < -0.39 is 0 Å². The van der Waals surface area contributed by atoms with Crippen LogP contribution in [0.4, 0.5) is 5.69 Å². The summed E-state index contributed by atoms with van der Waals surface area (Å²) in [6, 6.07) is 2.12. The number of carbonyl (C=O) groups excluding carboxylic acids is 1. The van der Waals surface area contributed by atoms with Crippen LogP contribution < -0.4 is 11.1 Å². The zero-order valence-electron chi connectivity index (χ0n) is 10.4. The van der Waals surface area contributed by atoms with Gasteiger partial charge in [0.15, 0.2) is 0 Å². The molecule has 5 nitrogen and oxygen atoms in total. The summed E-state index contributed by atoms with van der Waals surface area (Å²) in [6.07, 6.45) is 2.30. The van der Waals surface area contributed by atoms with E-state index in [4.69, 9.17) is 5.73 Å². The molecule has 2 heterocycles. The Morgan fingerprint density at radius 3 is 3.00 bits per heavy atom. The molecule has 3 N–H and O–H groups in total. The van der Waals surface area contributed by atoms with Crippen molar-refractivity contribution in [3.8, 4) is 0 Å². The molecule has 0 saturated heterocycles. The van der Waals surface area contributed by atoms with E-state index in [0.717, 1.165) is 6.42 Å². The van der Waals surface area contributed by atoms with Crippen LogP contribution in [0.25, 0.3) is 0 Å². The summed E-state index contributed by atoms with van der Waals surface area (Å²) >= 11 is 1.66. The summed E-state index contributed by atoms with van der Waals surface area (Å²) in [5, 5.41) is 11.0. The van der Waals surface area contributed by atoms with E-state index >= 15 is 0 Å². The predicted octanol–water partition coefficient (Wildman–Crippen LogP) is 1.42. The molecule has 2 aromatic rings. The summed E-state index contributed by atoms with van der Waals surface area (Å²) in [7, 11) is 1.70. The zero-order valence-corrected chi connectivity index (χ0v) is 11.2. The van der Waals surface area contributed by atoms with E-state index in [1.807, 2.05) is 12.3 Å². The van der Waals surface area contributed by atoms with Crippen molar-refractivity contribution in [2.45, 2.75) is 19.4 Å². The topological polar surface area (TPSA) is 72.9 Å². The molecule has 0 bridgehead atoms. The maximum Gasteiger partial charge on any atom is 0.271 e. The highest BCUT2D eigenvalue weighted by Crippen LogP contribution is 2.11. The number of anilines is 1. The van der Waals surface area contributed by atoms with Gasteiger partial charge >= 0.3 is 0 Å². The number of rotatable bonds is 4. The van der Waals surface area contributed by atoms with E-state index in [1.165, 1.54) is 16.4 Å². The zero-order chi connectivity index (χ0) is 13.1. The summed E-state index contributed by atoms with van der Waals surface area (Å²) in [4.78, 5) is 12.0. The molecule has 0 aromatic carbocycles. The van der Waals surface area contributed by atoms with Crippen LogP contribution in [0.1, 0.15) is 23.0 Å². The van der Waals surface area contributed by atoms with Crippen LogP contribution in [0.3, 0.4) is 0 Å². The minimum absolute atomic E-state index is 0.0569. The number of hydrogen-bond donors (Lipinski definition) is 2. The molecule has 0 aliphatic rings. The number of hydrogen-bond acceptors (Lipinski definition) is 4. The molecule has 18 heavy (non-hydrogen) atoms. The number of aromatic nitrogens is 2. The van der Waals surface area contributed by atoms with Gasteiger partial charge < -0.3 is 11.1 Å². The molecule has 1 atom stereocenters. The van der Waals surface area contributed by atoms with Crippen molar-refractivity contribution < 1.29 is 4.79 Å². The van der Waals surface area contributed by atoms with E-state index in [-0.39, 0.29) is 11.9 Å². The highest BCUT2D eigenvalue weighted by molar-refractivity contribution is 7.07. The SMILES string of the molecule is CC(Cc1ccsc1)NC(=O)c1c(N)cnn1C. The number of aryl methyl sites for hydroxylation is 1. The molecule has 0 spiro atoms. The van der Waals surface area contributed by atoms with Gasteiger partial charge in [0.05, 0.1) is 11.9 Å². The second kappa shape index (κ2) is 5.22. The smallest absolute Gasteiger partial charge is 0.271 e. The van der Waals surface area contributed by atoms with Crippen LogP contribution >= 0.6 is 11.3 Å². The highest BCUT2D eigenvalue weighted by Gasteiger charge is 2.17. The van der Waals surface area contributed by atoms with Gasteiger partial charge in [0.1, 0.15) is 5.69 Å². The normalized spacial score (nSPS) is 12.3. The van der Waals surface area contributed by atoms with Crippen molar-refractivity contribution in [3.05, 3.63) is 34.3 Å². The molecule has 0 saturated carbocycles. The number of carbonyl (C=O) groups is 1. The molecule has 0 aliphatic heterocycles. The lowest BCUT2D eigenvalue weighted by Gasteiger charge is -2.13. The minimum atomic E-state index is -0.185. The maximum atomic E-state index is 12.0. The molecular formula is C12H16N4OS. The Balaban J connectivity index is 1.99. The highest BCUT2D eigenvalue weighted by atomic mass is 32.1. The Labute approximate surface area is 110 Å². The van der Waals surface area contributed by atoms with Crippen molar-refractivity contribution in [1.82, 2.24) is 15.1 Å². The number of nitrogens with one attached hydrogen (secondary N) is 1. The molecule has 1 unspecified atom stereocenters. The lowest BCUT2D eigenvalue weighted by atomic mass is 10.1. The minimum Gasteiger partial charge on any atom is -0.396 e. The molecule has 96 valence electrons. The average Bonchev–Trinajstić information content (AvgIpc) is 2.89. The van der Waals surface area contributed by atoms with Crippen LogP contribution in [0.2, 0.25) is 0 Å². The first-order chi connectivity index (χ1) is 8.58. The van der Waals surface area contributed by atoms with Crippen LogP contribution in [0, 0.1) is 0 Å². The summed E-state index contributed by atoms with van der Waals surface area (Å²) in [6.45, 7) is 1.97. The molecule has 2 aromatic heterocycles. The molecule has 0 radical (unpaired) electrons. The van der Waals surface area contributed by atoms with E-state index in [9.17, 15) is 4.79 Å².